The summed E-state index contributed by atoms with van der Waals surface area (Å²) in [6.45, 7) is 2.10. The molecule has 0 aliphatic rings. The van der Waals surface area contributed by atoms with E-state index >= 15 is 0 Å². The molecule has 4 rings (SSSR count). The van der Waals surface area contributed by atoms with Crippen LogP contribution in [0.4, 0.5) is 5.69 Å². The SMILES string of the molecule is Cc1c(/C=N/NC(=Nc2ccccc2)c2ccccn2)c2ccccc2n1C. The van der Waals surface area contributed by atoms with Gasteiger partial charge in [-0.05, 0) is 37.3 Å². The summed E-state index contributed by atoms with van der Waals surface area (Å²) in [5.41, 5.74) is 8.09. The van der Waals surface area contributed by atoms with Gasteiger partial charge in [-0.15, -0.1) is 0 Å². The van der Waals surface area contributed by atoms with Crippen molar-refractivity contribution in [3.63, 3.8) is 0 Å². The van der Waals surface area contributed by atoms with E-state index in [-0.39, 0.29) is 0 Å². The van der Waals surface area contributed by atoms with Crippen molar-refractivity contribution in [3.8, 4) is 0 Å². The summed E-state index contributed by atoms with van der Waals surface area (Å²) in [4.78, 5) is 9.08. The van der Waals surface area contributed by atoms with E-state index in [0.29, 0.717) is 5.84 Å². The molecule has 4 aromatic rings. The Hall–Kier alpha value is -3.73. The van der Waals surface area contributed by atoms with E-state index in [9.17, 15) is 0 Å². The molecule has 5 nitrogen and oxygen atoms in total. The highest BCUT2D eigenvalue weighted by Gasteiger charge is 2.10. The molecule has 0 fully saturated rings. The zero-order valence-electron chi connectivity index (χ0n) is 15.9. The van der Waals surface area contributed by atoms with Gasteiger partial charge < -0.3 is 4.57 Å². The normalized spacial score (nSPS) is 12.0. The lowest BCUT2D eigenvalue weighted by Crippen LogP contribution is -2.20. The summed E-state index contributed by atoms with van der Waals surface area (Å²) in [7, 11) is 2.07. The second-order valence-electron chi connectivity index (χ2n) is 6.46. The molecule has 0 bridgehead atoms. The summed E-state index contributed by atoms with van der Waals surface area (Å²) in [6, 6.07) is 23.8. The number of para-hydroxylation sites is 2. The zero-order valence-corrected chi connectivity index (χ0v) is 15.9. The third-order valence-electron chi connectivity index (χ3n) is 4.72. The average molecular weight is 367 g/mol. The maximum Gasteiger partial charge on any atom is 0.172 e. The Morgan fingerprint density at radius 3 is 2.50 bits per heavy atom. The van der Waals surface area contributed by atoms with E-state index in [1.807, 2.05) is 66.9 Å². The number of amidine groups is 1. The molecule has 0 saturated heterocycles. The summed E-state index contributed by atoms with van der Waals surface area (Å²) in [5.74, 6) is 0.598. The Kier molecular flexibility index (Phi) is 4.97. The topological polar surface area (TPSA) is 54.6 Å². The molecule has 2 aromatic heterocycles. The van der Waals surface area contributed by atoms with E-state index in [1.165, 1.54) is 10.9 Å². The van der Waals surface area contributed by atoms with Gasteiger partial charge >= 0.3 is 0 Å². The van der Waals surface area contributed by atoms with Crippen molar-refractivity contribution in [2.24, 2.45) is 17.1 Å². The van der Waals surface area contributed by atoms with Gasteiger partial charge in [0, 0.05) is 35.4 Å². The molecule has 0 aliphatic heterocycles. The van der Waals surface area contributed by atoms with Crippen molar-refractivity contribution < 1.29 is 0 Å². The molecule has 1 N–H and O–H groups in total. The third kappa shape index (κ3) is 3.55. The Balaban J connectivity index is 1.67. The van der Waals surface area contributed by atoms with Crippen LogP contribution in [-0.4, -0.2) is 21.6 Å². The number of aromatic nitrogens is 2. The van der Waals surface area contributed by atoms with Crippen molar-refractivity contribution in [2.75, 3.05) is 0 Å². The van der Waals surface area contributed by atoms with Gasteiger partial charge in [0.05, 0.1) is 11.9 Å². The first kappa shape index (κ1) is 17.7. The Bertz CT molecular complexity index is 1140. The molecule has 5 heteroatoms. The van der Waals surface area contributed by atoms with E-state index in [1.54, 1.807) is 6.20 Å². The van der Waals surface area contributed by atoms with Crippen LogP contribution < -0.4 is 5.43 Å². The Labute approximate surface area is 164 Å². The fraction of sp³-hybridized carbons (Fsp3) is 0.0870. The number of hydrogen-bond donors (Lipinski definition) is 1. The van der Waals surface area contributed by atoms with E-state index < -0.39 is 0 Å². The van der Waals surface area contributed by atoms with Gasteiger partial charge in [-0.2, -0.15) is 5.10 Å². The molecule has 0 spiro atoms. The van der Waals surface area contributed by atoms with E-state index in [0.717, 1.165) is 22.6 Å². The van der Waals surface area contributed by atoms with Gasteiger partial charge in [0.25, 0.3) is 0 Å². The van der Waals surface area contributed by atoms with Crippen LogP contribution in [0.3, 0.4) is 0 Å². The van der Waals surface area contributed by atoms with Crippen LogP contribution in [0, 0.1) is 6.92 Å². The van der Waals surface area contributed by atoms with Crippen molar-refractivity contribution >= 4 is 28.6 Å². The summed E-state index contributed by atoms with van der Waals surface area (Å²) in [6.07, 6.45) is 3.59. The lowest BCUT2D eigenvalue weighted by molar-refractivity contribution is 0.916. The van der Waals surface area contributed by atoms with Crippen LogP contribution in [0.5, 0.6) is 0 Å². The minimum atomic E-state index is 0.598. The first-order valence-corrected chi connectivity index (χ1v) is 9.12. The maximum atomic E-state index is 4.67. The van der Waals surface area contributed by atoms with Crippen LogP contribution in [0.25, 0.3) is 10.9 Å². The highest BCUT2D eigenvalue weighted by Crippen LogP contribution is 2.23. The second-order valence-corrected chi connectivity index (χ2v) is 6.46. The predicted octanol–water partition coefficient (Wildman–Crippen LogP) is 4.58. The molecular formula is C23H21N5. The number of aliphatic imine (C=N–C) groups is 1. The van der Waals surface area contributed by atoms with Gasteiger partial charge in [0.2, 0.25) is 0 Å². The minimum absolute atomic E-state index is 0.598. The first-order chi connectivity index (χ1) is 13.7. The highest BCUT2D eigenvalue weighted by molar-refractivity contribution is 6.02. The quantitative estimate of drug-likeness (QED) is 0.326. The van der Waals surface area contributed by atoms with Gasteiger partial charge in [0.1, 0.15) is 5.69 Å². The molecular weight excluding hydrogens is 346 g/mol. The van der Waals surface area contributed by atoms with Gasteiger partial charge in [0.15, 0.2) is 5.84 Å². The van der Waals surface area contributed by atoms with Crippen molar-refractivity contribution in [1.29, 1.82) is 0 Å². The number of nitrogens with zero attached hydrogens (tertiary/aromatic N) is 4. The number of aryl methyl sites for hydroxylation is 1. The maximum absolute atomic E-state index is 4.67. The molecule has 0 unspecified atom stereocenters. The van der Waals surface area contributed by atoms with Crippen molar-refractivity contribution in [1.82, 2.24) is 15.0 Å². The lowest BCUT2D eigenvalue weighted by Gasteiger charge is -2.05. The van der Waals surface area contributed by atoms with Crippen LogP contribution in [0.1, 0.15) is 17.0 Å². The molecule has 0 aliphatic carbocycles. The number of benzene rings is 2. The number of nitrogens with one attached hydrogen (secondary N) is 1. The lowest BCUT2D eigenvalue weighted by atomic mass is 10.1. The van der Waals surface area contributed by atoms with Crippen LogP contribution >= 0.6 is 0 Å². The number of rotatable bonds is 4. The standard InChI is InChI=1S/C23H21N5/c1-17-20(19-12-6-7-14-22(19)28(17)2)16-25-27-23(21-13-8-9-15-24-21)26-18-10-4-3-5-11-18/h3-16H,1-2H3,(H,26,27)/b25-16+. The molecule has 0 atom stereocenters. The number of hydrogen-bond acceptors (Lipinski definition) is 3. The van der Waals surface area contributed by atoms with Gasteiger partial charge in [-0.1, -0.05) is 42.5 Å². The molecule has 0 saturated carbocycles. The number of pyridine rings is 1. The monoisotopic (exact) mass is 367 g/mol. The molecule has 2 heterocycles. The summed E-state index contributed by atoms with van der Waals surface area (Å²) >= 11 is 0. The second kappa shape index (κ2) is 7.88. The molecule has 28 heavy (non-hydrogen) atoms. The summed E-state index contributed by atoms with van der Waals surface area (Å²) in [5, 5.41) is 5.65. The van der Waals surface area contributed by atoms with E-state index in [4.69, 9.17) is 0 Å². The van der Waals surface area contributed by atoms with Crippen LogP contribution in [-0.2, 0) is 7.05 Å². The Morgan fingerprint density at radius 1 is 0.964 bits per heavy atom. The highest BCUT2D eigenvalue weighted by atomic mass is 15.3. The number of hydrazone groups is 1. The predicted molar refractivity (Wildman–Crippen MR) is 115 cm³/mol. The zero-order chi connectivity index (χ0) is 19.3. The van der Waals surface area contributed by atoms with Crippen molar-refractivity contribution in [3.05, 3.63) is 95.9 Å². The smallest absolute Gasteiger partial charge is 0.172 e. The molecule has 0 radical (unpaired) electrons. The third-order valence-corrected chi connectivity index (χ3v) is 4.72. The fourth-order valence-corrected chi connectivity index (χ4v) is 3.15. The van der Waals surface area contributed by atoms with Crippen LogP contribution in [0.2, 0.25) is 0 Å². The van der Waals surface area contributed by atoms with Gasteiger partial charge in [-0.25, -0.2) is 4.99 Å². The Morgan fingerprint density at radius 2 is 1.71 bits per heavy atom. The minimum Gasteiger partial charge on any atom is -0.347 e. The van der Waals surface area contributed by atoms with Crippen molar-refractivity contribution in [2.45, 2.75) is 6.92 Å². The molecule has 138 valence electrons. The first-order valence-electron chi connectivity index (χ1n) is 9.12. The number of fused-ring (bicyclic) bond motifs is 1. The fourth-order valence-electron chi connectivity index (χ4n) is 3.15. The van der Waals surface area contributed by atoms with Crippen LogP contribution in [0.15, 0.2) is 89.1 Å². The van der Waals surface area contributed by atoms with E-state index in [2.05, 4.69) is 51.2 Å². The largest absolute Gasteiger partial charge is 0.347 e. The average Bonchev–Trinajstić information content (AvgIpc) is 2.99. The molecule has 2 aromatic carbocycles. The summed E-state index contributed by atoms with van der Waals surface area (Å²) < 4.78 is 2.18. The molecule has 0 amide bonds. The van der Waals surface area contributed by atoms with Gasteiger partial charge in [-0.3, -0.25) is 10.4 Å².